The Morgan fingerprint density at radius 1 is 1.35 bits per heavy atom. The summed E-state index contributed by atoms with van der Waals surface area (Å²) in [5, 5.41) is 0. The van der Waals surface area contributed by atoms with Gasteiger partial charge in [-0.15, -0.1) is 0 Å². The highest BCUT2D eigenvalue weighted by Crippen LogP contribution is 2.29. The lowest BCUT2D eigenvalue weighted by atomic mass is 10.2. The first-order chi connectivity index (χ1) is 10.2. The molecule has 0 saturated heterocycles. The second kappa shape index (κ2) is 7.15. The third kappa shape index (κ3) is 5.37. The number of likely N-dealkylation sites (N-methyl/N-ethyl adjacent to an activating group) is 1. The highest BCUT2D eigenvalue weighted by molar-refractivity contribution is 7.88. The van der Waals surface area contributed by atoms with Crippen molar-refractivity contribution < 1.29 is 40.1 Å². The van der Waals surface area contributed by atoms with Gasteiger partial charge in [-0.25, -0.2) is 4.99 Å². The minimum atomic E-state index is -5.87. The zero-order chi connectivity index (χ0) is 18.6. The molecule has 0 aromatic rings. The molecule has 8 nitrogen and oxygen atoms in total. The summed E-state index contributed by atoms with van der Waals surface area (Å²) in [6.45, 7) is 6.00. The molecule has 0 aromatic carbocycles. The Bertz CT molecular complexity index is 597. The van der Waals surface area contributed by atoms with Gasteiger partial charge in [0.15, 0.2) is 0 Å². The Morgan fingerprint density at radius 2 is 1.78 bits per heavy atom. The van der Waals surface area contributed by atoms with Crippen molar-refractivity contribution in [1.82, 2.24) is 4.90 Å². The van der Waals surface area contributed by atoms with Crippen molar-refractivity contribution in [3.63, 3.8) is 0 Å². The van der Waals surface area contributed by atoms with E-state index in [2.05, 4.69) is 13.9 Å². The topological polar surface area (TPSA) is 102 Å². The smallest absolute Gasteiger partial charge is 0.469 e. The second-order valence-electron chi connectivity index (χ2n) is 4.64. The molecule has 23 heavy (non-hydrogen) atoms. The molecular formula is C11H17F3N2O6S. The molecule has 0 aromatic heterocycles. The van der Waals surface area contributed by atoms with E-state index >= 15 is 0 Å². The highest BCUT2D eigenvalue weighted by atomic mass is 32.2. The fourth-order valence-corrected chi connectivity index (χ4v) is 1.87. The predicted molar refractivity (Wildman–Crippen MR) is 72.7 cm³/mol. The van der Waals surface area contributed by atoms with Gasteiger partial charge in [-0.1, -0.05) is 0 Å². The van der Waals surface area contributed by atoms with Gasteiger partial charge in [-0.05, 0) is 20.8 Å². The molecule has 134 valence electrons. The Balaban J connectivity index is 0.000000841. The minimum Gasteiger partial charge on any atom is -0.469 e. The van der Waals surface area contributed by atoms with Crippen LogP contribution in [-0.4, -0.2) is 55.9 Å². The van der Waals surface area contributed by atoms with Gasteiger partial charge >= 0.3 is 27.5 Å². The number of halogens is 3. The van der Waals surface area contributed by atoms with Gasteiger partial charge in [-0.3, -0.25) is 9.59 Å². The maximum absolute atomic E-state index is 12.1. The lowest BCUT2D eigenvalue weighted by molar-refractivity contribution is -0.138. The van der Waals surface area contributed by atoms with E-state index in [0.29, 0.717) is 0 Å². The van der Waals surface area contributed by atoms with Gasteiger partial charge < -0.3 is 13.8 Å². The van der Waals surface area contributed by atoms with E-state index in [1.54, 1.807) is 6.92 Å². The monoisotopic (exact) mass is 362 g/mol. The number of methoxy groups -OCH3 is 1. The molecule has 1 amide bonds. The first-order valence-corrected chi connectivity index (χ1v) is 7.57. The van der Waals surface area contributed by atoms with E-state index in [0.717, 1.165) is 4.90 Å². The minimum absolute atomic E-state index is 0.161. The van der Waals surface area contributed by atoms with Crippen LogP contribution in [0.25, 0.3) is 0 Å². The van der Waals surface area contributed by atoms with E-state index < -0.39 is 33.1 Å². The van der Waals surface area contributed by atoms with Crippen LogP contribution in [0, 0.1) is 0 Å². The molecule has 1 aliphatic rings. The van der Waals surface area contributed by atoms with E-state index in [1.165, 1.54) is 27.9 Å². The van der Waals surface area contributed by atoms with Gasteiger partial charge in [0.2, 0.25) is 0 Å². The van der Waals surface area contributed by atoms with Crippen LogP contribution in [0.3, 0.4) is 0 Å². The van der Waals surface area contributed by atoms with E-state index in [4.69, 9.17) is 0 Å². The first kappa shape index (κ1) is 21.1. The van der Waals surface area contributed by atoms with E-state index in [1.807, 2.05) is 0 Å². The number of hydrogen-bond acceptors (Lipinski definition) is 7. The van der Waals surface area contributed by atoms with Crippen molar-refractivity contribution in [2.24, 2.45) is 4.99 Å². The molecule has 0 atom stereocenters. The number of alkyl halides is 3. The molecule has 1 heterocycles. The molecular weight excluding hydrogens is 345 g/mol. The van der Waals surface area contributed by atoms with Gasteiger partial charge in [0, 0.05) is 13.5 Å². The normalized spacial score (nSPS) is 17.1. The largest absolute Gasteiger partial charge is 0.534 e. The van der Waals surface area contributed by atoms with Crippen LogP contribution >= 0.6 is 0 Å². The number of hydrogen-bond donors (Lipinski definition) is 0. The van der Waals surface area contributed by atoms with Gasteiger partial charge in [0.1, 0.15) is 5.66 Å². The third-order valence-corrected chi connectivity index (χ3v) is 3.48. The molecule has 0 N–H and O–H groups in total. The third-order valence-electron chi connectivity index (χ3n) is 2.54. The lowest BCUT2D eigenvalue weighted by Gasteiger charge is -2.27. The standard InChI is InChI=1S/C8H11F3N2O4S.C3H6O2/c1-4-13-6(14)5(12-7(13,2)3)17-18(15,16)8(9,10)11;1-3(4)5-2/h4H2,1-3H3;1-2H3. The summed E-state index contributed by atoms with van der Waals surface area (Å²) in [6.07, 6.45) is 0. The number of ether oxygens (including phenoxy) is 1. The van der Waals surface area contributed by atoms with Gasteiger partial charge in [-0.2, -0.15) is 21.6 Å². The SMILES string of the molecule is CCN1C(=O)C(OS(=O)(=O)C(F)(F)F)=NC1(C)C.COC(C)=O. The fraction of sp³-hybridized carbons (Fsp3) is 0.727. The number of aliphatic imine (C=N–C) groups is 1. The molecule has 0 spiro atoms. The zero-order valence-corrected chi connectivity index (χ0v) is 13.9. The quantitative estimate of drug-likeness (QED) is 0.413. The number of esters is 1. The Kier molecular flexibility index (Phi) is 6.57. The molecule has 0 aliphatic carbocycles. The predicted octanol–water partition coefficient (Wildman–Crippen LogP) is 1.03. The Hall–Kier alpha value is -1.85. The first-order valence-electron chi connectivity index (χ1n) is 6.16. The molecule has 1 rings (SSSR count). The summed E-state index contributed by atoms with van der Waals surface area (Å²) >= 11 is 0. The number of carbonyl (C=O) groups excluding carboxylic acids is 2. The summed E-state index contributed by atoms with van der Waals surface area (Å²) < 4.78 is 65.7. The van der Waals surface area contributed by atoms with Crippen molar-refractivity contribution in [2.45, 2.75) is 38.9 Å². The summed E-state index contributed by atoms with van der Waals surface area (Å²) in [5.74, 6) is -2.31. The average molecular weight is 362 g/mol. The molecule has 12 heteroatoms. The summed E-state index contributed by atoms with van der Waals surface area (Å²) in [6, 6.07) is 0. The lowest BCUT2D eigenvalue weighted by Crippen LogP contribution is -2.43. The summed E-state index contributed by atoms with van der Waals surface area (Å²) in [7, 11) is -4.52. The van der Waals surface area contributed by atoms with Crippen molar-refractivity contribution >= 4 is 27.9 Å². The van der Waals surface area contributed by atoms with Crippen molar-refractivity contribution in [3.05, 3.63) is 0 Å². The number of rotatable bonds is 2. The maximum Gasteiger partial charge on any atom is 0.534 e. The Labute approximate surface area is 131 Å². The summed E-state index contributed by atoms with van der Waals surface area (Å²) in [4.78, 5) is 25.8. The number of amides is 1. The van der Waals surface area contributed by atoms with Crippen molar-refractivity contribution in [3.8, 4) is 0 Å². The van der Waals surface area contributed by atoms with Crippen molar-refractivity contribution in [2.75, 3.05) is 13.7 Å². The number of nitrogens with zero attached hydrogens (tertiary/aromatic N) is 2. The molecule has 1 aliphatic heterocycles. The van der Waals surface area contributed by atoms with Crippen LogP contribution < -0.4 is 0 Å². The molecule has 0 unspecified atom stereocenters. The fourth-order valence-electron chi connectivity index (χ4n) is 1.46. The van der Waals surface area contributed by atoms with Crippen LogP contribution in [0.2, 0.25) is 0 Å². The van der Waals surface area contributed by atoms with Crippen LogP contribution in [0.1, 0.15) is 27.7 Å². The van der Waals surface area contributed by atoms with Crippen LogP contribution in [0.15, 0.2) is 4.99 Å². The van der Waals surface area contributed by atoms with E-state index in [-0.39, 0.29) is 12.5 Å². The van der Waals surface area contributed by atoms with Crippen molar-refractivity contribution in [1.29, 1.82) is 0 Å². The average Bonchev–Trinajstić information content (AvgIpc) is 2.57. The number of carbonyl (C=O) groups is 2. The maximum atomic E-state index is 12.1. The zero-order valence-electron chi connectivity index (χ0n) is 13.1. The molecule has 0 bridgehead atoms. The molecule has 0 saturated carbocycles. The van der Waals surface area contributed by atoms with Gasteiger partial charge in [0.05, 0.1) is 7.11 Å². The Morgan fingerprint density at radius 3 is 2.04 bits per heavy atom. The van der Waals surface area contributed by atoms with Gasteiger partial charge in [0.25, 0.3) is 5.90 Å². The molecule has 0 radical (unpaired) electrons. The molecule has 0 fully saturated rings. The van der Waals surface area contributed by atoms with Crippen LogP contribution in [-0.2, 0) is 28.6 Å². The van der Waals surface area contributed by atoms with Crippen LogP contribution in [0.5, 0.6) is 0 Å². The highest BCUT2D eigenvalue weighted by Gasteiger charge is 2.52. The second-order valence-corrected chi connectivity index (χ2v) is 6.18. The summed E-state index contributed by atoms with van der Waals surface area (Å²) in [5.41, 5.74) is -6.73. The van der Waals surface area contributed by atoms with Crippen LogP contribution in [0.4, 0.5) is 13.2 Å². The van der Waals surface area contributed by atoms with E-state index in [9.17, 15) is 31.2 Å².